The monoisotopic (exact) mass is 302 g/mol. The Morgan fingerprint density at radius 1 is 1.36 bits per heavy atom. The van der Waals surface area contributed by atoms with E-state index in [1.165, 1.54) is 0 Å². The lowest BCUT2D eigenvalue weighted by atomic mass is 10.1. The molecule has 0 aliphatic heterocycles. The number of aliphatic carboxylic acids is 1. The molecule has 0 aliphatic carbocycles. The molecule has 0 atom stereocenters. The summed E-state index contributed by atoms with van der Waals surface area (Å²) in [5.74, 6) is -0.780. The van der Waals surface area contributed by atoms with Crippen molar-refractivity contribution in [2.24, 2.45) is 0 Å². The topological polar surface area (TPSA) is 80.0 Å². The maximum atomic E-state index is 10.6. The molecule has 0 aliphatic rings. The van der Waals surface area contributed by atoms with E-state index < -0.39 is 5.97 Å². The predicted octanol–water partition coefficient (Wildman–Crippen LogP) is 2.66. The third kappa shape index (κ3) is 4.58. The zero-order chi connectivity index (χ0) is 16.2. The summed E-state index contributed by atoms with van der Waals surface area (Å²) < 4.78 is 1.84. The standard InChI is InChI=1S/C16H22N4O2/c1-16(2,3)20-11-14(18-19-20)10-17-13-6-4-5-12(9-13)7-8-15(21)22/h4-6,9,11,17H,7-8,10H2,1-3H3,(H,21,22). The molecule has 0 amide bonds. The molecule has 1 heterocycles. The van der Waals surface area contributed by atoms with Crippen molar-refractivity contribution in [3.8, 4) is 0 Å². The molecule has 0 saturated carbocycles. The van der Waals surface area contributed by atoms with Gasteiger partial charge in [0.15, 0.2) is 0 Å². The zero-order valence-corrected chi connectivity index (χ0v) is 13.2. The quantitative estimate of drug-likeness (QED) is 0.857. The molecule has 2 aromatic rings. The van der Waals surface area contributed by atoms with Crippen LogP contribution in [0, 0.1) is 0 Å². The lowest BCUT2D eigenvalue weighted by Crippen LogP contribution is -2.22. The Labute approximate surface area is 130 Å². The normalized spacial score (nSPS) is 11.4. The number of aromatic nitrogens is 3. The molecule has 0 radical (unpaired) electrons. The molecule has 2 rings (SSSR count). The van der Waals surface area contributed by atoms with Crippen LogP contribution in [-0.2, 0) is 23.3 Å². The molecule has 6 nitrogen and oxygen atoms in total. The minimum atomic E-state index is -0.780. The molecule has 6 heteroatoms. The van der Waals surface area contributed by atoms with E-state index in [4.69, 9.17) is 5.11 Å². The van der Waals surface area contributed by atoms with Crippen molar-refractivity contribution >= 4 is 11.7 Å². The third-order valence-electron chi connectivity index (χ3n) is 3.26. The van der Waals surface area contributed by atoms with Crippen molar-refractivity contribution in [2.75, 3.05) is 5.32 Å². The molecular weight excluding hydrogens is 280 g/mol. The van der Waals surface area contributed by atoms with Gasteiger partial charge in [-0.05, 0) is 44.9 Å². The first-order valence-corrected chi connectivity index (χ1v) is 7.31. The zero-order valence-electron chi connectivity index (χ0n) is 13.2. The highest BCUT2D eigenvalue weighted by molar-refractivity contribution is 5.67. The largest absolute Gasteiger partial charge is 0.481 e. The fourth-order valence-electron chi connectivity index (χ4n) is 1.99. The van der Waals surface area contributed by atoms with Crippen LogP contribution < -0.4 is 5.32 Å². The van der Waals surface area contributed by atoms with E-state index in [1.54, 1.807) is 0 Å². The predicted molar refractivity (Wildman–Crippen MR) is 84.7 cm³/mol. The molecule has 2 N–H and O–H groups in total. The van der Waals surface area contributed by atoms with E-state index in [0.29, 0.717) is 13.0 Å². The number of carboxylic acid groups (broad SMARTS) is 1. The van der Waals surface area contributed by atoms with Gasteiger partial charge in [0.1, 0.15) is 5.69 Å². The minimum Gasteiger partial charge on any atom is -0.481 e. The van der Waals surface area contributed by atoms with Crippen LogP contribution in [0.3, 0.4) is 0 Å². The summed E-state index contributed by atoms with van der Waals surface area (Å²) in [6.07, 6.45) is 2.61. The molecule has 1 aromatic heterocycles. The van der Waals surface area contributed by atoms with Crippen molar-refractivity contribution in [3.63, 3.8) is 0 Å². The average molecular weight is 302 g/mol. The smallest absolute Gasteiger partial charge is 0.303 e. The average Bonchev–Trinajstić information content (AvgIpc) is 2.92. The maximum absolute atomic E-state index is 10.6. The highest BCUT2D eigenvalue weighted by Crippen LogP contribution is 2.15. The number of nitrogens with one attached hydrogen (secondary N) is 1. The fraction of sp³-hybridized carbons (Fsp3) is 0.438. The van der Waals surface area contributed by atoms with Gasteiger partial charge in [0, 0.05) is 12.1 Å². The van der Waals surface area contributed by atoms with E-state index in [1.807, 2.05) is 35.1 Å². The number of hydrogen-bond donors (Lipinski definition) is 2. The molecule has 22 heavy (non-hydrogen) atoms. The molecule has 1 aromatic carbocycles. The second-order valence-electron chi connectivity index (χ2n) is 6.27. The van der Waals surface area contributed by atoms with Crippen LogP contribution in [0.4, 0.5) is 5.69 Å². The van der Waals surface area contributed by atoms with E-state index in [0.717, 1.165) is 16.9 Å². The first-order valence-electron chi connectivity index (χ1n) is 7.31. The maximum Gasteiger partial charge on any atom is 0.303 e. The number of rotatable bonds is 6. The van der Waals surface area contributed by atoms with Gasteiger partial charge in [-0.15, -0.1) is 5.10 Å². The summed E-state index contributed by atoms with van der Waals surface area (Å²) in [7, 11) is 0. The fourth-order valence-corrected chi connectivity index (χ4v) is 1.99. The summed E-state index contributed by atoms with van der Waals surface area (Å²) in [5.41, 5.74) is 2.74. The lowest BCUT2D eigenvalue weighted by molar-refractivity contribution is -0.136. The first-order chi connectivity index (χ1) is 10.3. The molecule has 0 fully saturated rings. The molecule has 0 saturated heterocycles. The van der Waals surface area contributed by atoms with Crippen LogP contribution in [0.5, 0.6) is 0 Å². The van der Waals surface area contributed by atoms with Crippen molar-refractivity contribution in [1.29, 1.82) is 0 Å². The van der Waals surface area contributed by atoms with Crippen LogP contribution in [-0.4, -0.2) is 26.1 Å². The summed E-state index contributed by atoms with van der Waals surface area (Å²) in [6.45, 7) is 6.80. The Balaban J connectivity index is 1.95. The van der Waals surface area contributed by atoms with Gasteiger partial charge in [0.2, 0.25) is 0 Å². The van der Waals surface area contributed by atoms with E-state index in [-0.39, 0.29) is 12.0 Å². The Bertz CT molecular complexity index is 644. The Kier molecular flexibility index (Phi) is 4.80. The van der Waals surface area contributed by atoms with Crippen molar-refractivity contribution in [2.45, 2.75) is 45.7 Å². The summed E-state index contributed by atoms with van der Waals surface area (Å²) in [5, 5.41) is 20.3. The number of carbonyl (C=O) groups is 1. The second kappa shape index (κ2) is 6.60. The van der Waals surface area contributed by atoms with Crippen molar-refractivity contribution in [3.05, 3.63) is 41.7 Å². The number of hydrogen-bond acceptors (Lipinski definition) is 4. The van der Waals surface area contributed by atoms with Crippen LogP contribution in [0.2, 0.25) is 0 Å². The Morgan fingerprint density at radius 2 is 2.14 bits per heavy atom. The molecule has 0 spiro atoms. The molecule has 118 valence electrons. The highest BCUT2D eigenvalue weighted by atomic mass is 16.4. The van der Waals surface area contributed by atoms with Gasteiger partial charge in [-0.25, -0.2) is 4.68 Å². The van der Waals surface area contributed by atoms with Gasteiger partial charge in [-0.1, -0.05) is 17.3 Å². The Morgan fingerprint density at radius 3 is 2.77 bits per heavy atom. The van der Waals surface area contributed by atoms with Gasteiger partial charge in [0.25, 0.3) is 0 Å². The van der Waals surface area contributed by atoms with Crippen LogP contribution >= 0.6 is 0 Å². The highest BCUT2D eigenvalue weighted by Gasteiger charge is 2.14. The molecule has 0 bridgehead atoms. The summed E-state index contributed by atoms with van der Waals surface area (Å²) in [4.78, 5) is 10.6. The number of benzene rings is 1. The molecular formula is C16H22N4O2. The van der Waals surface area contributed by atoms with Crippen molar-refractivity contribution in [1.82, 2.24) is 15.0 Å². The van der Waals surface area contributed by atoms with E-state index in [9.17, 15) is 4.79 Å². The van der Waals surface area contributed by atoms with Gasteiger partial charge < -0.3 is 10.4 Å². The number of anilines is 1. The number of nitrogens with zero attached hydrogens (tertiary/aromatic N) is 3. The minimum absolute atomic E-state index is 0.0814. The van der Waals surface area contributed by atoms with Gasteiger partial charge >= 0.3 is 5.97 Å². The Hall–Kier alpha value is -2.37. The summed E-state index contributed by atoms with van der Waals surface area (Å²) >= 11 is 0. The van der Waals surface area contributed by atoms with Crippen LogP contribution in [0.25, 0.3) is 0 Å². The van der Waals surface area contributed by atoms with E-state index >= 15 is 0 Å². The van der Waals surface area contributed by atoms with Crippen molar-refractivity contribution < 1.29 is 9.90 Å². The van der Waals surface area contributed by atoms with E-state index in [2.05, 4.69) is 36.4 Å². The first kappa shape index (κ1) is 16.0. The third-order valence-corrected chi connectivity index (χ3v) is 3.26. The van der Waals surface area contributed by atoms with Gasteiger partial charge in [-0.3, -0.25) is 4.79 Å². The second-order valence-corrected chi connectivity index (χ2v) is 6.27. The summed E-state index contributed by atoms with van der Waals surface area (Å²) in [6, 6.07) is 7.78. The van der Waals surface area contributed by atoms with Crippen LogP contribution in [0.15, 0.2) is 30.5 Å². The SMILES string of the molecule is CC(C)(C)n1cc(CNc2cccc(CCC(=O)O)c2)nn1. The lowest BCUT2D eigenvalue weighted by Gasteiger charge is -2.17. The van der Waals surface area contributed by atoms with Crippen LogP contribution in [0.1, 0.15) is 38.4 Å². The number of carboxylic acids is 1. The number of aryl methyl sites for hydroxylation is 1. The molecule has 0 unspecified atom stereocenters. The van der Waals surface area contributed by atoms with Gasteiger partial charge in [-0.2, -0.15) is 0 Å². The van der Waals surface area contributed by atoms with Gasteiger partial charge in [0.05, 0.1) is 18.3 Å².